The molecule has 1 fully saturated rings. The molecule has 0 bridgehead atoms. The second-order valence-corrected chi connectivity index (χ2v) is 5.32. The van der Waals surface area contributed by atoms with Crippen LogP contribution in [-0.4, -0.2) is 30.4 Å². The zero-order valence-electron chi connectivity index (χ0n) is 8.98. The van der Waals surface area contributed by atoms with Crippen molar-refractivity contribution >= 4 is 11.6 Å². The fourth-order valence-electron chi connectivity index (χ4n) is 2.17. The third-order valence-corrected chi connectivity index (χ3v) is 3.10. The Hall–Kier alpha value is 0.250. The van der Waals surface area contributed by atoms with E-state index in [-0.39, 0.29) is 0 Å². The minimum atomic E-state index is 0.541. The SMILES string of the molecule is CC1(C)CCCN(CCCCCl)C1. The second-order valence-electron chi connectivity index (χ2n) is 4.94. The van der Waals surface area contributed by atoms with Crippen LogP contribution >= 0.6 is 11.6 Å². The Kier molecular flexibility index (Phi) is 4.54. The molecule has 0 unspecified atom stereocenters. The Morgan fingerprint density at radius 3 is 2.69 bits per heavy atom. The summed E-state index contributed by atoms with van der Waals surface area (Å²) in [5, 5.41) is 0. The van der Waals surface area contributed by atoms with Crippen molar-refractivity contribution in [2.24, 2.45) is 5.41 Å². The highest BCUT2D eigenvalue weighted by Gasteiger charge is 2.25. The Balaban J connectivity index is 2.19. The number of piperidine rings is 1. The number of hydrogen-bond acceptors (Lipinski definition) is 1. The van der Waals surface area contributed by atoms with Crippen molar-refractivity contribution in [3.63, 3.8) is 0 Å². The Morgan fingerprint density at radius 1 is 1.31 bits per heavy atom. The summed E-state index contributed by atoms with van der Waals surface area (Å²) in [5.74, 6) is 0.817. The van der Waals surface area contributed by atoms with E-state index in [0.717, 1.165) is 5.88 Å². The van der Waals surface area contributed by atoms with Crippen molar-refractivity contribution < 1.29 is 0 Å². The van der Waals surface area contributed by atoms with Gasteiger partial charge in [-0.25, -0.2) is 0 Å². The van der Waals surface area contributed by atoms with E-state index >= 15 is 0 Å². The Morgan fingerprint density at radius 2 is 2.08 bits per heavy atom. The van der Waals surface area contributed by atoms with Gasteiger partial charge in [-0.1, -0.05) is 13.8 Å². The number of alkyl halides is 1. The van der Waals surface area contributed by atoms with E-state index in [4.69, 9.17) is 11.6 Å². The maximum Gasteiger partial charge on any atom is 0.0223 e. The van der Waals surface area contributed by atoms with Gasteiger partial charge in [-0.15, -0.1) is 11.6 Å². The molecule has 0 saturated carbocycles. The first-order valence-corrected chi connectivity index (χ1v) is 5.96. The van der Waals surface area contributed by atoms with E-state index in [1.807, 2.05) is 0 Å². The molecule has 0 aliphatic carbocycles. The van der Waals surface area contributed by atoms with Gasteiger partial charge < -0.3 is 4.90 Å². The summed E-state index contributed by atoms with van der Waals surface area (Å²) < 4.78 is 0. The monoisotopic (exact) mass is 203 g/mol. The summed E-state index contributed by atoms with van der Waals surface area (Å²) >= 11 is 5.66. The third kappa shape index (κ3) is 4.33. The van der Waals surface area contributed by atoms with Gasteiger partial charge in [0.25, 0.3) is 0 Å². The van der Waals surface area contributed by atoms with Crippen molar-refractivity contribution in [1.82, 2.24) is 4.90 Å². The minimum Gasteiger partial charge on any atom is -0.303 e. The van der Waals surface area contributed by atoms with Crippen LogP contribution in [0.1, 0.15) is 39.5 Å². The van der Waals surface area contributed by atoms with Gasteiger partial charge in [-0.2, -0.15) is 0 Å². The summed E-state index contributed by atoms with van der Waals surface area (Å²) in [7, 11) is 0. The van der Waals surface area contributed by atoms with E-state index in [1.54, 1.807) is 0 Å². The van der Waals surface area contributed by atoms with Crippen molar-refractivity contribution in [2.75, 3.05) is 25.5 Å². The van der Waals surface area contributed by atoms with Gasteiger partial charge in [0, 0.05) is 12.4 Å². The molecule has 1 nitrogen and oxygen atoms in total. The average Bonchev–Trinajstić information content (AvgIpc) is 2.03. The third-order valence-electron chi connectivity index (χ3n) is 2.84. The quantitative estimate of drug-likeness (QED) is 0.501. The van der Waals surface area contributed by atoms with Crippen molar-refractivity contribution in [3.8, 4) is 0 Å². The van der Waals surface area contributed by atoms with Crippen LogP contribution in [0.3, 0.4) is 0 Å². The zero-order valence-corrected chi connectivity index (χ0v) is 9.74. The molecular formula is C11H22ClN. The first-order chi connectivity index (χ1) is 6.14. The highest BCUT2D eigenvalue weighted by Crippen LogP contribution is 2.28. The van der Waals surface area contributed by atoms with E-state index in [0.29, 0.717) is 5.41 Å². The van der Waals surface area contributed by atoms with Gasteiger partial charge in [0.15, 0.2) is 0 Å². The first-order valence-electron chi connectivity index (χ1n) is 5.42. The molecular weight excluding hydrogens is 182 g/mol. The maximum atomic E-state index is 5.66. The molecule has 1 aliphatic heterocycles. The highest BCUT2D eigenvalue weighted by molar-refractivity contribution is 6.17. The van der Waals surface area contributed by atoms with Crippen LogP contribution in [0.25, 0.3) is 0 Å². The van der Waals surface area contributed by atoms with Crippen molar-refractivity contribution in [3.05, 3.63) is 0 Å². The topological polar surface area (TPSA) is 3.24 Å². The van der Waals surface area contributed by atoms with E-state index in [9.17, 15) is 0 Å². The smallest absolute Gasteiger partial charge is 0.0223 e. The standard InChI is InChI=1S/C11H22ClN/c1-11(2)6-5-9-13(10-11)8-4-3-7-12/h3-10H2,1-2H3. The lowest BCUT2D eigenvalue weighted by Crippen LogP contribution is -2.40. The zero-order chi connectivity index (χ0) is 9.73. The molecule has 0 N–H and O–H groups in total. The van der Waals surface area contributed by atoms with Crippen LogP contribution in [-0.2, 0) is 0 Å². The summed E-state index contributed by atoms with van der Waals surface area (Å²) in [5.41, 5.74) is 0.541. The lowest BCUT2D eigenvalue weighted by Gasteiger charge is -2.38. The number of halogens is 1. The van der Waals surface area contributed by atoms with Crippen LogP contribution in [0.5, 0.6) is 0 Å². The highest BCUT2D eigenvalue weighted by atomic mass is 35.5. The van der Waals surface area contributed by atoms with Gasteiger partial charge in [0.2, 0.25) is 0 Å². The fourth-order valence-corrected chi connectivity index (χ4v) is 2.35. The molecule has 1 rings (SSSR count). The van der Waals surface area contributed by atoms with E-state index in [1.165, 1.54) is 45.3 Å². The molecule has 0 aromatic carbocycles. The van der Waals surface area contributed by atoms with Crippen molar-refractivity contribution in [1.29, 1.82) is 0 Å². The van der Waals surface area contributed by atoms with Gasteiger partial charge >= 0.3 is 0 Å². The number of likely N-dealkylation sites (tertiary alicyclic amines) is 1. The number of nitrogens with zero attached hydrogens (tertiary/aromatic N) is 1. The summed E-state index contributed by atoms with van der Waals surface area (Å²) in [6.07, 6.45) is 5.19. The van der Waals surface area contributed by atoms with E-state index < -0.39 is 0 Å². The summed E-state index contributed by atoms with van der Waals surface area (Å²) in [4.78, 5) is 2.59. The molecule has 0 aromatic heterocycles. The number of hydrogen-bond donors (Lipinski definition) is 0. The van der Waals surface area contributed by atoms with Gasteiger partial charge in [0.1, 0.15) is 0 Å². The predicted octanol–water partition coefficient (Wildman–Crippen LogP) is 3.13. The first kappa shape index (κ1) is 11.3. The lowest BCUT2D eigenvalue weighted by molar-refractivity contribution is 0.116. The van der Waals surface area contributed by atoms with Crippen LogP contribution in [0.15, 0.2) is 0 Å². The maximum absolute atomic E-state index is 5.66. The molecule has 0 spiro atoms. The van der Waals surface area contributed by atoms with Crippen LogP contribution in [0, 0.1) is 5.41 Å². The summed E-state index contributed by atoms with van der Waals surface area (Å²) in [6, 6.07) is 0. The molecule has 0 atom stereocenters. The minimum absolute atomic E-state index is 0.541. The molecule has 0 radical (unpaired) electrons. The van der Waals surface area contributed by atoms with Crippen LogP contribution in [0.4, 0.5) is 0 Å². The Labute approximate surface area is 87.4 Å². The van der Waals surface area contributed by atoms with Gasteiger partial charge in [-0.05, 0) is 44.2 Å². The molecule has 1 saturated heterocycles. The molecule has 13 heavy (non-hydrogen) atoms. The van der Waals surface area contributed by atoms with Gasteiger partial charge in [-0.3, -0.25) is 0 Å². The molecule has 1 heterocycles. The van der Waals surface area contributed by atoms with E-state index in [2.05, 4.69) is 18.7 Å². The molecule has 0 aromatic rings. The number of rotatable bonds is 4. The molecule has 1 aliphatic rings. The normalized spacial score (nSPS) is 23.3. The average molecular weight is 204 g/mol. The fraction of sp³-hybridized carbons (Fsp3) is 1.00. The predicted molar refractivity (Wildman–Crippen MR) is 59.4 cm³/mol. The Bertz CT molecular complexity index is 145. The molecule has 2 heteroatoms. The summed E-state index contributed by atoms with van der Waals surface area (Å²) in [6.45, 7) is 8.57. The van der Waals surface area contributed by atoms with Gasteiger partial charge in [0.05, 0.1) is 0 Å². The van der Waals surface area contributed by atoms with Crippen LogP contribution in [0.2, 0.25) is 0 Å². The lowest BCUT2D eigenvalue weighted by atomic mass is 9.84. The van der Waals surface area contributed by atoms with Crippen molar-refractivity contribution in [2.45, 2.75) is 39.5 Å². The molecule has 78 valence electrons. The largest absolute Gasteiger partial charge is 0.303 e. The van der Waals surface area contributed by atoms with Crippen LogP contribution < -0.4 is 0 Å². The number of unbranched alkanes of at least 4 members (excludes halogenated alkanes) is 1. The molecule has 0 amide bonds. The second kappa shape index (κ2) is 5.21.